The molecule has 7 heteroatoms. The molecule has 0 fully saturated rings. The van der Waals surface area contributed by atoms with Gasteiger partial charge < -0.3 is 16.0 Å². The van der Waals surface area contributed by atoms with Gasteiger partial charge in [-0.2, -0.15) is 0 Å². The molecule has 3 N–H and O–H groups in total. The molecule has 0 spiro atoms. The van der Waals surface area contributed by atoms with Crippen molar-refractivity contribution in [1.29, 1.82) is 0 Å². The van der Waals surface area contributed by atoms with Crippen molar-refractivity contribution in [2.45, 2.75) is 13.8 Å². The summed E-state index contributed by atoms with van der Waals surface area (Å²) in [5.41, 5.74) is 0.250. The Bertz CT molecular complexity index is 404. The summed E-state index contributed by atoms with van der Waals surface area (Å²) in [5.74, 6) is 0.197. The summed E-state index contributed by atoms with van der Waals surface area (Å²) in [5, 5.41) is 8.19. The number of anilines is 1. The van der Waals surface area contributed by atoms with E-state index in [2.05, 4.69) is 25.9 Å². The molecule has 1 heterocycles. The second-order valence-corrected chi connectivity index (χ2v) is 3.56. The number of nitrogens with one attached hydrogen (secondary N) is 3. The van der Waals surface area contributed by atoms with E-state index in [9.17, 15) is 9.59 Å². The largest absolute Gasteiger partial charge is 0.369 e. The molecule has 1 rings (SSSR count). The molecule has 0 aliphatic rings. The Morgan fingerprint density at radius 2 is 1.89 bits per heavy atom. The van der Waals surface area contributed by atoms with Crippen LogP contribution in [0.15, 0.2) is 12.4 Å². The first-order chi connectivity index (χ1) is 8.63. The summed E-state index contributed by atoms with van der Waals surface area (Å²) < 4.78 is 0. The molecule has 0 saturated heterocycles. The zero-order valence-corrected chi connectivity index (χ0v) is 10.5. The number of amides is 2. The molecule has 2 amide bonds. The van der Waals surface area contributed by atoms with Gasteiger partial charge in [-0.05, 0) is 6.92 Å². The minimum atomic E-state index is -0.309. The molecule has 7 nitrogen and oxygen atoms in total. The lowest BCUT2D eigenvalue weighted by molar-refractivity contribution is -0.118. The third-order valence-electron chi connectivity index (χ3n) is 2.03. The molecule has 0 aromatic carbocycles. The summed E-state index contributed by atoms with van der Waals surface area (Å²) in [6.45, 7) is 4.87. The van der Waals surface area contributed by atoms with Gasteiger partial charge in [-0.25, -0.2) is 9.97 Å². The fraction of sp³-hybridized carbons (Fsp3) is 0.455. The van der Waals surface area contributed by atoms with Crippen LogP contribution in [-0.2, 0) is 4.79 Å². The molecule has 18 heavy (non-hydrogen) atoms. The highest BCUT2D eigenvalue weighted by molar-refractivity contribution is 5.92. The first-order valence-corrected chi connectivity index (χ1v) is 5.72. The van der Waals surface area contributed by atoms with Crippen LogP contribution in [-0.4, -0.2) is 41.4 Å². The van der Waals surface area contributed by atoms with Crippen molar-refractivity contribution >= 4 is 17.6 Å². The van der Waals surface area contributed by atoms with Crippen molar-refractivity contribution in [3.8, 4) is 0 Å². The molecule has 0 saturated carbocycles. The van der Waals surface area contributed by atoms with Crippen LogP contribution in [0.25, 0.3) is 0 Å². The number of hydrogen-bond acceptors (Lipinski definition) is 5. The van der Waals surface area contributed by atoms with Gasteiger partial charge in [-0.1, -0.05) is 0 Å². The van der Waals surface area contributed by atoms with Crippen molar-refractivity contribution in [2.24, 2.45) is 0 Å². The van der Waals surface area contributed by atoms with E-state index in [1.807, 2.05) is 6.92 Å². The van der Waals surface area contributed by atoms with E-state index < -0.39 is 0 Å². The Kier molecular flexibility index (Phi) is 5.56. The number of hydrogen-bond donors (Lipinski definition) is 3. The van der Waals surface area contributed by atoms with Crippen molar-refractivity contribution < 1.29 is 9.59 Å². The standard InChI is InChI=1S/C11H17N5O2/c1-3-12-10-7-15-9(6-16-10)11(18)14-5-4-13-8(2)17/h6-7H,3-5H2,1-2H3,(H,12,16)(H,13,17)(H,14,18). The van der Waals surface area contributed by atoms with Crippen molar-refractivity contribution in [3.05, 3.63) is 18.1 Å². The van der Waals surface area contributed by atoms with Gasteiger partial charge in [0.25, 0.3) is 5.91 Å². The van der Waals surface area contributed by atoms with Crippen LogP contribution in [0.2, 0.25) is 0 Å². The maximum atomic E-state index is 11.6. The molecule has 1 aromatic rings. The highest BCUT2D eigenvalue weighted by Gasteiger charge is 2.06. The number of rotatable bonds is 6. The number of nitrogens with zero attached hydrogens (tertiary/aromatic N) is 2. The van der Waals surface area contributed by atoms with E-state index >= 15 is 0 Å². The zero-order chi connectivity index (χ0) is 13.4. The quantitative estimate of drug-likeness (QED) is 0.607. The molecule has 0 unspecified atom stereocenters. The van der Waals surface area contributed by atoms with Crippen LogP contribution in [0.5, 0.6) is 0 Å². The summed E-state index contributed by atoms with van der Waals surface area (Å²) >= 11 is 0. The molecule has 1 aromatic heterocycles. The number of carbonyl (C=O) groups excluding carboxylic acids is 2. The van der Waals surface area contributed by atoms with Crippen LogP contribution in [0.3, 0.4) is 0 Å². The van der Waals surface area contributed by atoms with Gasteiger partial charge in [0.05, 0.1) is 12.4 Å². The number of carbonyl (C=O) groups is 2. The summed E-state index contributed by atoms with van der Waals surface area (Å²) in [6.07, 6.45) is 2.91. The smallest absolute Gasteiger partial charge is 0.271 e. The fourth-order valence-corrected chi connectivity index (χ4v) is 1.22. The monoisotopic (exact) mass is 251 g/mol. The lowest BCUT2D eigenvalue weighted by Gasteiger charge is -2.05. The van der Waals surface area contributed by atoms with E-state index in [0.29, 0.717) is 18.9 Å². The Balaban J connectivity index is 2.39. The SMILES string of the molecule is CCNc1cnc(C(=O)NCCNC(C)=O)cn1. The first kappa shape index (κ1) is 13.9. The predicted octanol–water partition coefficient (Wildman–Crippen LogP) is -0.226. The molecule has 0 atom stereocenters. The average Bonchev–Trinajstić information content (AvgIpc) is 2.35. The highest BCUT2D eigenvalue weighted by atomic mass is 16.2. The fourth-order valence-electron chi connectivity index (χ4n) is 1.22. The van der Waals surface area contributed by atoms with Crippen LogP contribution in [0.4, 0.5) is 5.82 Å². The molecule has 0 aliphatic carbocycles. The van der Waals surface area contributed by atoms with Crippen LogP contribution in [0, 0.1) is 0 Å². The third kappa shape index (κ3) is 4.77. The zero-order valence-electron chi connectivity index (χ0n) is 10.5. The second kappa shape index (κ2) is 7.21. The van der Waals surface area contributed by atoms with Gasteiger partial charge in [0, 0.05) is 26.6 Å². The Morgan fingerprint density at radius 1 is 1.17 bits per heavy atom. The molecular formula is C11H17N5O2. The third-order valence-corrected chi connectivity index (χ3v) is 2.03. The van der Waals surface area contributed by atoms with Crippen LogP contribution in [0.1, 0.15) is 24.3 Å². The van der Waals surface area contributed by atoms with Crippen LogP contribution >= 0.6 is 0 Å². The molecule has 98 valence electrons. The molecule has 0 aliphatic heterocycles. The molecule has 0 radical (unpaired) electrons. The summed E-state index contributed by atoms with van der Waals surface area (Å²) in [7, 11) is 0. The van der Waals surface area contributed by atoms with Gasteiger partial charge >= 0.3 is 0 Å². The van der Waals surface area contributed by atoms with Crippen molar-refractivity contribution in [3.63, 3.8) is 0 Å². The highest BCUT2D eigenvalue weighted by Crippen LogP contribution is 2.00. The lowest BCUT2D eigenvalue weighted by atomic mass is 10.4. The minimum Gasteiger partial charge on any atom is -0.369 e. The second-order valence-electron chi connectivity index (χ2n) is 3.56. The van der Waals surface area contributed by atoms with Gasteiger partial charge in [0.2, 0.25) is 5.91 Å². The van der Waals surface area contributed by atoms with Gasteiger partial charge in [-0.15, -0.1) is 0 Å². The average molecular weight is 251 g/mol. The predicted molar refractivity (Wildman–Crippen MR) is 67.2 cm³/mol. The first-order valence-electron chi connectivity index (χ1n) is 5.72. The molecule has 0 bridgehead atoms. The lowest BCUT2D eigenvalue weighted by Crippen LogP contribution is -2.34. The van der Waals surface area contributed by atoms with Gasteiger partial charge in [-0.3, -0.25) is 9.59 Å². The van der Waals surface area contributed by atoms with E-state index in [1.54, 1.807) is 0 Å². The van der Waals surface area contributed by atoms with Crippen molar-refractivity contribution in [2.75, 3.05) is 25.0 Å². The van der Waals surface area contributed by atoms with Gasteiger partial charge in [0.1, 0.15) is 11.5 Å². The minimum absolute atomic E-state index is 0.126. The van der Waals surface area contributed by atoms with E-state index in [4.69, 9.17) is 0 Å². The Labute approximate surface area is 105 Å². The van der Waals surface area contributed by atoms with Gasteiger partial charge in [0.15, 0.2) is 0 Å². The number of aromatic nitrogens is 2. The van der Waals surface area contributed by atoms with E-state index in [-0.39, 0.29) is 17.5 Å². The Morgan fingerprint density at radius 3 is 2.44 bits per heavy atom. The Hall–Kier alpha value is -2.18. The topological polar surface area (TPSA) is 96.0 Å². The maximum absolute atomic E-state index is 11.6. The normalized spacial score (nSPS) is 9.67. The summed E-state index contributed by atoms with van der Waals surface area (Å²) in [4.78, 5) is 30.2. The maximum Gasteiger partial charge on any atom is 0.271 e. The summed E-state index contributed by atoms with van der Waals surface area (Å²) in [6, 6.07) is 0. The van der Waals surface area contributed by atoms with E-state index in [1.165, 1.54) is 19.3 Å². The van der Waals surface area contributed by atoms with Crippen molar-refractivity contribution in [1.82, 2.24) is 20.6 Å². The van der Waals surface area contributed by atoms with E-state index in [0.717, 1.165) is 6.54 Å². The molecular weight excluding hydrogens is 234 g/mol. The van der Waals surface area contributed by atoms with Crippen LogP contribution < -0.4 is 16.0 Å².